The fourth-order valence-electron chi connectivity index (χ4n) is 2.95. The molecule has 0 spiro atoms. The van der Waals surface area contributed by atoms with Crippen molar-refractivity contribution >= 4 is 11.6 Å². The molecule has 1 atom stereocenters. The molecule has 2 rings (SSSR count). The van der Waals surface area contributed by atoms with Gasteiger partial charge in [-0.3, -0.25) is 4.79 Å². The highest BCUT2D eigenvalue weighted by atomic mass is 19.1. The molecule has 5 N–H and O–H groups in total. The zero-order valence-electron chi connectivity index (χ0n) is 11.6. The van der Waals surface area contributed by atoms with Gasteiger partial charge in [0.1, 0.15) is 5.82 Å². The Morgan fingerprint density at radius 3 is 2.65 bits per heavy atom. The second-order valence-electron chi connectivity index (χ2n) is 5.44. The molecule has 5 heteroatoms. The molecule has 1 aromatic rings. The number of rotatable bonds is 5. The minimum absolute atomic E-state index is 0.0962. The number of nitrogens with two attached hydrogens (primary N) is 2. The Labute approximate surface area is 118 Å². The molecule has 0 radical (unpaired) electrons. The number of hydrogen-bond acceptors (Lipinski definition) is 3. The second-order valence-corrected chi connectivity index (χ2v) is 5.44. The Kier molecular flexibility index (Phi) is 4.95. The van der Waals surface area contributed by atoms with Gasteiger partial charge in [-0.2, -0.15) is 0 Å². The van der Waals surface area contributed by atoms with E-state index in [1.165, 1.54) is 31.4 Å². The van der Waals surface area contributed by atoms with E-state index in [-0.39, 0.29) is 11.6 Å². The number of hydrogen-bond donors (Lipinski definition) is 3. The van der Waals surface area contributed by atoms with Crippen LogP contribution in [0.2, 0.25) is 0 Å². The molecule has 4 nitrogen and oxygen atoms in total. The average molecular weight is 279 g/mol. The summed E-state index contributed by atoms with van der Waals surface area (Å²) in [5.74, 6) is -0.600. The van der Waals surface area contributed by atoms with Crippen molar-refractivity contribution in [1.29, 1.82) is 0 Å². The molecule has 0 aliphatic heterocycles. The fraction of sp³-hybridized carbons (Fsp3) is 0.533. The molecule has 0 saturated heterocycles. The molecule has 0 bridgehead atoms. The topological polar surface area (TPSA) is 81.1 Å². The van der Waals surface area contributed by atoms with Crippen LogP contribution in [0.3, 0.4) is 0 Å². The highest BCUT2D eigenvalue weighted by molar-refractivity contribution is 5.98. The van der Waals surface area contributed by atoms with E-state index in [1.54, 1.807) is 6.07 Å². The smallest absolute Gasteiger partial charge is 0.250 e. The van der Waals surface area contributed by atoms with Gasteiger partial charge in [-0.1, -0.05) is 19.3 Å². The molecule has 1 fully saturated rings. The van der Waals surface area contributed by atoms with Gasteiger partial charge < -0.3 is 16.8 Å². The summed E-state index contributed by atoms with van der Waals surface area (Å²) < 4.78 is 13.2. The van der Waals surface area contributed by atoms with E-state index in [1.807, 2.05) is 0 Å². The lowest BCUT2D eigenvalue weighted by molar-refractivity contribution is 0.100. The predicted octanol–water partition coefficient (Wildman–Crippen LogP) is 2.24. The Bertz CT molecular complexity index is 472. The summed E-state index contributed by atoms with van der Waals surface area (Å²) in [7, 11) is 0. The maximum absolute atomic E-state index is 13.2. The molecule has 20 heavy (non-hydrogen) atoms. The van der Waals surface area contributed by atoms with Gasteiger partial charge in [0.15, 0.2) is 0 Å². The third-order valence-corrected chi connectivity index (χ3v) is 4.06. The predicted molar refractivity (Wildman–Crippen MR) is 78.0 cm³/mol. The number of halogens is 1. The first-order chi connectivity index (χ1) is 9.61. The minimum atomic E-state index is -0.633. The minimum Gasteiger partial charge on any atom is -0.380 e. The maximum atomic E-state index is 13.2. The standard InChI is InChI=1S/C15H22FN3O/c16-11-6-7-13(12(8-11)15(18)20)19-14(9-17)10-4-2-1-3-5-10/h6-8,10,14,19H,1-5,9,17H2,(H2,18,20). The van der Waals surface area contributed by atoms with Gasteiger partial charge in [0.2, 0.25) is 0 Å². The summed E-state index contributed by atoms with van der Waals surface area (Å²) in [4.78, 5) is 11.4. The number of carbonyl (C=O) groups excluding carboxylic acids is 1. The van der Waals surface area contributed by atoms with Gasteiger partial charge >= 0.3 is 0 Å². The summed E-state index contributed by atoms with van der Waals surface area (Å²) in [6.07, 6.45) is 5.99. The van der Waals surface area contributed by atoms with E-state index in [0.29, 0.717) is 18.2 Å². The number of nitrogens with one attached hydrogen (secondary N) is 1. The third kappa shape index (κ3) is 3.48. The molecule has 1 unspecified atom stereocenters. The van der Waals surface area contributed by atoms with E-state index < -0.39 is 11.7 Å². The molecule has 1 aliphatic carbocycles. The van der Waals surface area contributed by atoms with Crippen LogP contribution < -0.4 is 16.8 Å². The van der Waals surface area contributed by atoms with Crippen molar-refractivity contribution in [2.24, 2.45) is 17.4 Å². The van der Waals surface area contributed by atoms with Crippen LogP contribution in [0.5, 0.6) is 0 Å². The van der Waals surface area contributed by atoms with Crippen molar-refractivity contribution in [2.45, 2.75) is 38.1 Å². The van der Waals surface area contributed by atoms with Gasteiger partial charge in [0.05, 0.1) is 5.56 Å². The Balaban J connectivity index is 2.16. The lowest BCUT2D eigenvalue weighted by Crippen LogP contribution is -2.38. The number of benzene rings is 1. The Morgan fingerprint density at radius 2 is 2.05 bits per heavy atom. The summed E-state index contributed by atoms with van der Waals surface area (Å²) in [6, 6.07) is 4.14. The molecule has 1 amide bonds. The Hall–Kier alpha value is -1.62. The van der Waals surface area contributed by atoms with Crippen molar-refractivity contribution in [2.75, 3.05) is 11.9 Å². The number of amides is 1. The van der Waals surface area contributed by atoms with E-state index in [9.17, 15) is 9.18 Å². The molecule has 0 heterocycles. The third-order valence-electron chi connectivity index (χ3n) is 4.06. The van der Waals surface area contributed by atoms with Crippen LogP contribution in [0, 0.1) is 11.7 Å². The van der Waals surface area contributed by atoms with Crippen molar-refractivity contribution in [3.63, 3.8) is 0 Å². The number of anilines is 1. The average Bonchev–Trinajstić information content (AvgIpc) is 2.46. The normalized spacial score (nSPS) is 17.7. The quantitative estimate of drug-likeness (QED) is 0.773. The van der Waals surface area contributed by atoms with Gasteiger partial charge in [0, 0.05) is 18.3 Å². The summed E-state index contributed by atoms with van der Waals surface area (Å²) >= 11 is 0. The van der Waals surface area contributed by atoms with Gasteiger partial charge in [-0.05, 0) is 37.0 Å². The number of carbonyl (C=O) groups is 1. The molecule has 1 saturated carbocycles. The van der Waals surface area contributed by atoms with E-state index in [2.05, 4.69) is 5.32 Å². The molecule has 110 valence electrons. The van der Waals surface area contributed by atoms with Crippen LogP contribution in [-0.4, -0.2) is 18.5 Å². The lowest BCUT2D eigenvalue weighted by atomic mass is 9.83. The fourth-order valence-corrected chi connectivity index (χ4v) is 2.95. The molecular formula is C15H22FN3O. The molecule has 1 aliphatic rings. The zero-order chi connectivity index (χ0) is 14.5. The lowest BCUT2D eigenvalue weighted by Gasteiger charge is -2.31. The summed E-state index contributed by atoms with van der Waals surface area (Å²) in [5.41, 5.74) is 11.9. The second kappa shape index (κ2) is 6.70. The zero-order valence-corrected chi connectivity index (χ0v) is 11.6. The number of primary amides is 1. The van der Waals surface area contributed by atoms with Gasteiger partial charge in [-0.15, -0.1) is 0 Å². The van der Waals surface area contributed by atoms with Crippen molar-refractivity contribution in [3.05, 3.63) is 29.6 Å². The summed E-state index contributed by atoms with van der Waals surface area (Å²) in [6.45, 7) is 0.486. The van der Waals surface area contributed by atoms with Crippen LogP contribution >= 0.6 is 0 Å². The van der Waals surface area contributed by atoms with Crippen molar-refractivity contribution in [3.8, 4) is 0 Å². The first kappa shape index (κ1) is 14.8. The first-order valence-corrected chi connectivity index (χ1v) is 7.17. The van der Waals surface area contributed by atoms with Crippen molar-refractivity contribution in [1.82, 2.24) is 0 Å². The Morgan fingerprint density at radius 1 is 1.35 bits per heavy atom. The van der Waals surface area contributed by atoms with Crippen LogP contribution in [0.15, 0.2) is 18.2 Å². The van der Waals surface area contributed by atoms with Gasteiger partial charge in [-0.25, -0.2) is 4.39 Å². The first-order valence-electron chi connectivity index (χ1n) is 7.17. The van der Waals surface area contributed by atoms with E-state index in [4.69, 9.17) is 11.5 Å². The molecule has 1 aromatic carbocycles. The van der Waals surface area contributed by atoms with E-state index >= 15 is 0 Å². The molecule has 0 aromatic heterocycles. The van der Waals surface area contributed by atoms with Crippen LogP contribution in [-0.2, 0) is 0 Å². The maximum Gasteiger partial charge on any atom is 0.250 e. The van der Waals surface area contributed by atoms with Crippen LogP contribution in [0.25, 0.3) is 0 Å². The van der Waals surface area contributed by atoms with Crippen LogP contribution in [0.4, 0.5) is 10.1 Å². The highest BCUT2D eigenvalue weighted by Crippen LogP contribution is 2.28. The highest BCUT2D eigenvalue weighted by Gasteiger charge is 2.23. The molecular weight excluding hydrogens is 257 g/mol. The van der Waals surface area contributed by atoms with Gasteiger partial charge in [0.25, 0.3) is 5.91 Å². The van der Waals surface area contributed by atoms with E-state index in [0.717, 1.165) is 12.8 Å². The monoisotopic (exact) mass is 279 g/mol. The SMILES string of the molecule is NCC(Nc1ccc(F)cc1C(N)=O)C1CCCCC1. The largest absolute Gasteiger partial charge is 0.380 e. The summed E-state index contributed by atoms with van der Waals surface area (Å²) in [5, 5.41) is 3.28. The van der Waals surface area contributed by atoms with Crippen molar-refractivity contribution < 1.29 is 9.18 Å². The van der Waals surface area contributed by atoms with Crippen LogP contribution in [0.1, 0.15) is 42.5 Å².